The molecule has 0 saturated heterocycles. The normalized spacial score (nSPS) is 9.87. The van der Waals surface area contributed by atoms with E-state index in [1.165, 1.54) is 12.1 Å². The van der Waals surface area contributed by atoms with Crippen molar-refractivity contribution in [2.75, 3.05) is 0 Å². The molecule has 0 saturated carbocycles. The molecule has 3 nitrogen and oxygen atoms in total. The third-order valence-electron chi connectivity index (χ3n) is 1.87. The minimum absolute atomic E-state index is 0.146. The SMILES string of the molecule is Oc1cccc(Oc2cccc(O)c2)c1. The molecule has 2 rings (SSSR count). The van der Waals surface area contributed by atoms with E-state index in [9.17, 15) is 10.2 Å². The number of hydrogen-bond donors (Lipinski definition) is 2. The van der Waals surface area contributed by atoms with Crippen LogP contribution in [0.25, 0.3) is 0 Å². The van der Waals surface area contributed by atoms with Crippen LogP contribution in [0.15, 0.2) is 48.5 Å². The van der Waals surface area contributed by atoms with E-state index in [0.29, 0.717) is 11.5 Å². The molecular weight excluding hydrogens is 192 g/mol. The molecule has 3 heteroatoms. The number of benzene rings is 2. The lowest BCUT2D eigenvalue weighted by Gasteiger charge is -2.05. The topological polar surface area (TPSA) is 49.7 Å². The van der Waals surface area contributed by atoms with Gasteiger partial charge in [-0.1, -0.05) is 12.1 Å². The van der Waals surface area contributed by atoms with Crippen LogP contribution in [0.1, 0.15) is 0 Å². The fourth-order valence-corrected chi connectivity index (χ4v) is 1.23. The second-order valence-electron chi connectivity index (χ2n) is 3.10. The van der Waals surface area contributed by atoms with Gasteiger partial charge in [-0.25, -0.2) is 0 Å². The van der Waals surface area contributed by atoms with Gasteiger partial charge in [-0.15, -0.1) is 0 Å². The van der Waals surface area contributed by atoms with Gasteiger partial charge < -0.3 is 14.9 Å². The van der Waals surface area contributed by atoms with Crippen LogP contribution in [-0.2, 0) is 0 Å². The lowest BCUT2D eigenvalue weighted by atomic mass is 10.3. The van der Waals surface area contributed by atoms with Crippen molar-refractivity contribution in [1.29, 1.82) is 0 Å². The molecule has 0 atom stereocenters. The highest BCUT2D eigenvalue weighted by Gasteiger charge is 1.98. The molecule has 0 aliphatic carbocycles. The van der Waals surface area contributed by atoms with Gasteiger partial charge in [0.25, 0.3) is 0 Å². The van der Waals surface area contributed by atoms with Gasteiger partial charge in [-0.05, 0) is 24.3 Å². The van der Waals surface area contributed by atoms with Gasteiger partial charge in [-0.3, -0.25) is 0 Å². The van der Waals surface area contributed by atoms with Gasteiger partial charge >= 0.3 is 0 Å². The Balaban J connectivity index is 2.22. The van der Waals surface area contributed by atoms with Crippen LogP contribution in [0.4, 0.5) is 0 Å². The van der Waals surface area contributed by atoms with E-state index in [2.05, 4.69) is 0 Å². The number of rotatable bonds is 2. The van der Waals surface area contributed by atoms with Crippen molar-refractivity contribution in [2.24, 2.45) is 0 Å². The Morgan fingerprint density at radius 1 is 0.733 bits per heavy atom. The summed E-state index contributed by atoms with van der Waals surface area (Å²) in [6, 6.07) is 13.0. The molecule has 0 radical (unpaired) electrons. The van der Waals surface area contributed by atoms with Crippen molar-refractivity contribution in [3.8, 4) is 23.0 Å². The minimum atomic E-state index is 0.146. The molecule has 0 unspecified atom stereocenters. The first-order valence-corrected chi connectivity index (χ1v) is 4.50. The predicted octanol–water partition coefficient (Wildman–Crippen LogP) is 2.89. The molecule has 0 aromatic heterocycles. The highest BCUT2D eigenvalue weighted by Crippen LogP contribution is 2.26. The van der Waals surface area contributed by atoms with E-state index in [4.69, 9.17) is 4.74 Å². The van der Waals surface area contributed by atoms with E-state index in [1.807, 2.05) is 0 Å². The Morgan fingerprint density at radius 2 is 1.20 bits per heavy atom. The first-order valence-electron chi connectivity index (χ1n) is 4.50. The van der Waals surface area contributed by atoms with Crippen molar-refractivity contribution in [2.45, 2.75) is 0 Å². The molecule has 15 heavy (non-hydrogen) atoms. The number of hydrogen-bond acceptors (Lipinski definition) is 3. The van der Waals surface area contributed by atoms with E-state index >= 15 is 0 Å². The van der Waals surface area contributed by atoms with Crippen LogP contribution in [0, 0.1) is 0 Å². The van der Waals surface area contributed by atoms with Gasteiger partial charge in [0.05, 0.1) is 0 Å². The summed E-state index contributed by atoms with van der Waals surface area (Å²) in [4.78, 5) is 0. The maximum Gasteiger partial charge on any atom is 0.131 e. The third-order valence-corrected chi connectivity index (χ3v) is 1.87. The van der Waals surface area contributed by atoms with E-state index in [0.717, 1.165) is 0 Å². The lowest BCUT2D eigenvalue weighted by Crippen LogP contribution is -1.82. The summed E-state index contributed by atoms with van der Waals surface area (Å²) in [7, 11) is 0. The molecular formula is C12H10O3. The Hall–Kier alpha value is -2.16. The molecule has 76 valence electrons. The minimum Gasteiger partial charge on any atom is -0.508 e. The fraction of sp³-hybridized carbons (Fsp3) is 0. The number of aromatic hydroxyl groups is 2. The van der Waals surface area contributed by atoms with Gasteiger partial charge in [0.15, 0.2) is 0 Å². The smallest absolute Gasteiger partial charge is 0.131 e. The Bertz CT molecular complexity index is 422. The molecule has 0 spiro atoms. The van der Waals surface area contributed by atoms with Crippen LogP contribution in [0.3, 0.4) is 0 Å². The van der Waals surface area contributed by atoms with Crippen LogP contribution in [0.5, 0.6) is 23.0 Å². The fourth-order valence-electron chi connectivity index (χ4n) is 1.23. The van der Waals surface area contributed by atoms with E-state index in [1.54, 1.807) is 36.4 Å². The molecule has 2 aromatic rings. The zero-order chi connectivity index (χ0) is 10.7. The molecule has 0 heterocycles. The van der Waals surface area contributed by atoms with Crippen LogP contribution in [-0.4, -0.2) is 10.2 Å². The summed E-state index contributed by atoms with van der Waals surface area (Å²) in [6.45, 7) is 0. The summed E-state index contributed by atoms with van der Waals surface area (Å²) in [5, 5.41) is 18.4. The standard InChI is InChI=1S/C12H10O3/c13-9-3-1-5-11(7-9)15-12-6-2-4-10(14)8-12/h1-8,13-14H. The summed E-state index contributed by atoms with van der Waals surface area (Å²) in [6.07, 6.45) is 0. The zero-order valence-electron chi connectivity index (χ0n) is 7.92. The largest absolute Gasteiger partial charge is 0.508 e. The Morgan fingerprint density at radius 3 is 1.60 bits per heavy atom. The van der Waals surface area contributed by atoms with Crippen molar-refractivity contribution in [3.05, 3.63) is 48.5 Å². The molecule has 0 amide bonds. The van der Waals surface area contributed by atoms with Crippen LogP contribution in [0.2, 0.25) is 0 Å². The monoisotopic (exact) mass is 202 g/mol. The number of ether oxygens (including phenoxy) is 1. The van der Waals surface area contributed by atoms with Crippen molar-refractivity contribution < 1.29 is 14.9 Å². The van der Waals surface area contributed by atoms with Crippen molar-refractivity contribution >= 4 is 0 Å². The highest BCUT2D eigenvalue weighted by atomic mass is 16.5. The molecule has 2 aromatic carbocycles. The second-order valence-corrected chi connectivity index (χ2v) is 3.10. The predicted molar refractivity (Wildman–Crippen MR) is 56.3 cm³/mol. The summed E-state index contributed by atoms with van der Waals surface area (Å²) < 4.78 is 5.42. The zero-order valence-corrected chi connectivity index (χ0v) is 7.92. The Kier molecular flexibility index (Phi) is 2.46. The van der Waals surface area contributed by atoms with Gasteiger partial charge in [0, 0.05) is 12.1 Å². The maximum absolute atomic E-state index is 9.22. The van der Waals surface area contributed by atoms with Crippen molar-refractivity contribution in [1.82, 2.24) is 0 Å². The summed E-state index contributed by atoms with van der Waals surface area (Å²) >= 11 is 0. The lowest BCUT2D eigenvalue weighted by molar-refractivity contribution is 0.446. The summed E-state index contributed by atoms with van der Waals surface area (Å²) in [5.41, 5.74) is 0. The average molecular weight is 202 g/mol. The quantitative estimate of drug-likeness (QED) is 0.787. The molecule has 0 aliphatic rings. The highest BCUT2D eigenvalue weighted by molar-refractivity contribution is 5.38. The van der Waals surface area contributed by atoms with Gasteiger partial charge in [0.2, 0.25) is 0 Å². The molecule has 0 bridgehead atoms. The summed E-state index contributed by atoms with van der Waals surface area (Å²) in [5.74, 6) is 1.35. The molecule has 0 fully saturated rings. The average Bonchev–Trinajstić information content (AvgIpc) is 2.17. The Labute approximate surface area is 87.2 Å². The molecule has 0 aliphatic heterocycles. The number of phenolic OH excluding ortho intramolecular Hbond substituents is 2. The molecule has 2 N–H and O–H groups in total. The van der Waals surface area contributed by atoms with Gasteiger partial charge in [0.1, 0.15) is 23.0 Å². The van der Waals surface area contributed by atoms with Gasteiger partial charge in [-0.2, -0.15) is 0 Å². The van der Waals surface area contributed by atoms with Crippen LogP contribution < -0.4 is 4.74 Å². The first kappa shape index (κ1) is 9.40. The maximum atomic E-state index is 9.22. The van der Waals surface area contributed by atoms with E-state index < -0.39 is 0 Å². The van der Waals surface area contributed by atoms with E-state index in [-0.39, 0.29) is 11.5 Å². The van der Waals surface area contributed by atoms with Crippen molar-refractivity contribution in [3.63, 3.8) is 0 Å². The van der Waals surface area contributed by atoms with Crippen LogP contribution >= 0.6 is 0 Å². The second kappa shape index (κ2) is 3.92. The third kappa shape index (κ3) is 2.40. The first-order chi connectivity index (χ1) is 7.24. The number of phenols is 2.